The number of aromatic amines is 1. The van der Waals surface area contributed by atoms with E-state index in [1.54, 1.807) is 30.4 Å². The van der Waals surface area contributed by atoms with Crippen LogP contribution in [0.5, 0.6) is 0 Å². The Balaban J connectivity index is 1.35. The SMILES string of the molecule is O=c1[nH]c(SCCCCCCc2ccccc2)ncc1Cc1cccnc1. The number of nitrogens with one attached hydrogen (secondary N) is 1. The second kappa shape index (κ2) is 10.7. The van der Waals surface area contributed by atoms with E-state index in [0.29, 0.717) is 17.1 Å². The number of H-pyrrole nitrogens is 1. The lowest BCUT2D eigenvalue weighted by molar-refractivity contribution is 0.670. The fourth-order valence-corrected chi connectivity index (χ4v) is 3.76. The molecular weight excluding hydrogens is 354 g/mol. The van der Waals surface area contributed by atoms with E-state index in [-0.39, 0.29) is 5.56 Å². The molecule has 3 aromatic rings. The van der Waals surface area contributed by atoms with Gasteiger partial charge in [0, 0.05) is 36.3 Å². The first-order valence-electron chi connectivity index (χ1n) is 9.45. The van der Waals surface area contributed by atoms with Gasteiger partial charge in [-0.15, -0.1) is 0 Å². The molecule has 2 heterocycles. The van der Waals surface area contributed by atoms with E-state index in [9.17, 15) is 4.79 Å². The van der Waals surface area contributed by atoms with Crippen LogP contribution in [-0.4, -0.2) is 20.7 Å². The third-order valence-corrected chi connectivity index (χ3v) is 5.38. The van der Waals surface area contributed by atoms with E-state index in [0.717, 1.165) is 24.2 Å². The van der Waals surface area contributed by atoms with Crippen LogP contribution in [0.25, 0.3) is 0 Å². The molecule has 2 aromatic heterocycles. The van der Waals surface area contributed by atoms with Crippen molar-refractivity contribution in [1.29, 1.82) is 0 Å². The van der Waals surface area contributed by atoms with Crippen molar-refractivity contribution >= 4 is 11.8 Å². The van der Waals surface area contributed by atoms with Crippen molar-refractivity contribution in [2.24, 2.45) is 0 Å². The van der Waals surface area contributed by atoms with Gasteiger partial charge in [0.1, 0.15) is 0 Å². The Bertz CT molecular complexity index is 865. The number of benzene rings is 1. The summed E-state index contributed by atoms with van der Waals surface area (Å²) < 4.78 is 0. The third kappa shape index (κ3) is 6.68. The summed E-state index contributed by atoms with van der Waals surface area (Å²) in [6.45, 7) is 0. The molecular formula is C22H25N3OS. The first kappa shape index (κ1) is 19.4. The fourth-order valence-electron chi connectivity index (χ4n) is 2.92. The standard InChI is InChI=1S/C22H25N3OS/c26-21-20(15-19-12-8-13-23-16-19)17-24-22(25-21)27-14-7-2-1-4-9-18-10-5-3-6-11-18/h3,5-6,8,10-13,16-17H,1-2,4,7,9,14-15H2,(H,24,25,26). The van der Waals surface area contributed by atoms with Gasteiger partial charge in [0.15, 0.2) is 5.16 Å². The van der Waals surface area contributed by atoms with Crippen molar-refractivity contribution in [2.75, 3.05) is 5.75 Å². The molecule has 3 rings (SSSR count). The largest absolute Gasteiger partial charge is 0.301 e. The van der Waals surface area contributed by atoms with Gasteiger partial charge in [-0.05, 0) is 36.5 Å². The average molecular weight is 380 g/mol. The molecule has 0 aliphatic carbocycles. The maximum Gasteiger partial charge on any atom is 0.255 e. The van der Waals surface area contributed by atoms with Crippen LogP contribution in [-0.2, 0) is 12.8 Å². The Kier molecular flexibility index (Phi) is 7.66. The normalized spacial score (nSPS) is 10.8. The number of unbranched alkanes of at least 4 members (excludes halogenated alkanes) is 3. The van der Waals surface area contributed by atoms with Gasteiger partial charge in [-0.1, -0.05) is 61.0 Å². The number of rotatable bonds is 10. The van der Waals surface area contributed by atoms with Gasteiger partial charge in [0.25, 0.3) is 5.56 Å². The lowest BCUT2D eigenvalue weighted by atomic mass is 10.1. The van der Waals surface area contributed by atoms with Crippen LogP contribution < -0.4 is 5.56 Å². The Labute approximate surface area is 164 Å². The molecule has 0 aliphatic rings. The highest BCUT2D eigenvalue weighted by molar-refractivity contribution is 7.99. The second-order valence-corrected chi connectivity index (χ2v) is 7.66. The monoisotopic (exact) mass is 379 g/mol. The molecule has 1 aromatic carbocycles. The first-order valence-corrected chi connectivity index (χ1v) is 10.4. The summed E-state index contributed by atoms with van der Waals surface area (Å²) >= 11 is 1.62. The van der Waals surface area contributed by atoms with E-state index in [2.05, 4.69) is 45.3 Å². The van der Waals surface area contributed by atoms with Gasteiger partial charge in [-0.3, -0.25) is 9.78 Å². The topological polar surface area (TPSA) is 58.6 Å². The maximum absolute atomic E-state index is 12.2. The summed E-state index contributed by atoms with van der Waals surface area (Å²) in [6.07, 6.45) is 11.7. The lowest BCUT2D eigenvalue weighted by Crippen LogP contribution is -2.14. The van der Waals surface area contributed by atoms with Gasteiger partial charge in [-0.2, -0.15) is 0 Å². The maximum atomic E-state index is 12.2. The Morgan fingerprint density at radius 3 is 2.48 bits per heavy atom. The smallest absolute Gasteiger partial charge is 0.255 e. The number of aryl methyl sites for hydroxylation is 1. The molecule has 0 unspecified atom stereocenters. The first-order chi connectivity index (χ1) is 13.3. The molecule has 140 valence electrons. The molecule has 1 N–H and O–H groups in total. The highest BCUT2D eigenvalue weighted by atomic mass is 32.2. The van der Waals surface area contributed by atoms with Gasteiger partial charge in [0.2, 0.25) is 0 Å². The zero-order valence-corrected chi connectivity index (χ0v) is 16.3. The van der Waals surface area contributed by atoms with Crippen molar-refractivity contribution in [3.8, 4) is 0 Å². The van der Waals surface area contributed by atoms with Crippen molar-refractivity contribution in [3.05, 3.63) is 88.1 Å². The van der Waals surface area contributed by atoms with Crippen LogP contribution in [0.15, 0.2) is 71.0 Å². The van der Waals surface area contributed by atoms with Crippen LogP contribution in [0, 0.1) is 0 Å². The Morgan fingerprint density at radius 2 is 1.70 bits per heavy atom. The van der Waals surface area contributed by atoms with E-state index in [4.69, 9.17) is 0 Å². The van der Waals surface area contributed by atoms with Gasteiger partial charge >= 0.3 is 0 Å². The van der Waals surface area contributed by atoms with Gasteiger partial charge in [0.05, 0.1) is 0 Å². The van der Waals surface area contributed by atoms with Gasteiger partial charge < -0.3 is 4.98 Å². The molecule has 0 atom stereocenters. The molecule has 0 saturated heterocycles. The summed E-state index contributed by atoms with van der Waals surface area (Å²) in [5.74, 6) is 0.982. The van der Waals surface area contributed by atoms with E-state index in [1.807, 2.05) is 12.1 Å². The van der Waals surface area contributed by atoms with Crippen molar-refractivity contribution in [3.63, 3.8) is 0 Å². The molecule has 0 spiro atoms. The number of nitrogens with zero attached hydrogens (tertiary/aromatic N) is 2. The van der Waals surface area contributed by atoms with Gasteiger partial charge in [-0.25, -0.2) is 4.98 Å². The molecule has 27 heavy (non-hydrogen) atoms. The fraction of sp³-hybridized carbons (Fsp3) is 0.318. The number of aromatic nitrogens is 3. The summed E-state index contributed by atoms with van der Waals surface area (Å²) in [5.41, 5.74) is 3.05. The number of hydrogen-bond donors (Lipinski definition) is 1. The quantitative estimate of drug-likeness (QED) is 0.316. The van der Waals surface area contributed by atoms with E-state index >= 15 is 0 Å². The molecule has 0 fully saturated rings. The zero-order valence-electron chi connectivity index (χ0n) is 15.4. The zero-order chi connectivity index (χ0) is 18.7. The summed E-state index contributed by atoms with van der Waals surface area (Å²) in [6, 6.07) is 14.5. The van der Waals surface area contributed by atoms with Crippen LogP contribution in [0.1, 0.15) is 42.4 Å². The highest BCUT2D eigenvalue weighted by Crippen LogP contribution is 2.15. The van der Waals surface area contributed by atoms with Crippen LogP contribution in [0.3, 0.4) is 0 Å². The second-order valence-electron chi connectivity index (χ2n) is 6.58. The molecule has 4 nitrogen and oxygen atoms in total. The van der Waals surface area contributed by atoms with Crippen molar-refractivity contribution in [2.45, 2.75) is 43.7 Å². The number of thioether (sulfide) groups is 1. The Morgan fingerprint density at radius 1 is 0.889 bits per heavy atom. The molecule has 0 radical (unpaired) electrons. The summed E-state index contributed by atoms with van der Waals surface area (Å²) in [5, 5.41) is 0.708. The van der Waals surface area contributed by atoms with Crippen LogP contribution in [0.2, 0.25) is 0 Å². The predicted molar refractivity (Wildman–Crippen MR) is 111 cm³/mol. The highest BCUT2D eigenvalue weighted by Gasteiger charge is 2.05. The van der Waals surface area contributed by atoms with E-state index in [1.165, 1.54) is 24.8 Å². The number of pyridine rings is 1. The number of hydrogen-bond acceptors (Lipinski definition) is 4. The summed E-state index contributed by atoms with van der Waals surface area (Å²) in [4.78, 5) is 23.6. The Hall–Kier alpha value is -2.40. The molecule has 5 heteroatoms. The lowest BCUT2D eigenvalue weighted by Gasteiger charge is -2.04. The third-order valence-electron chi connectivity index (χ3n) is 4.41. The van der Waals surface area contributed by atoms with E-state index < -0.39 is 0 Å². The minimum atomic E-state index is -0.0563. The average Bonchev–Trinajstić information content (AvgIpc) is 2.71. The van der Waals surface area contributed by atoms with Crippen LogP contribution >= 0.6 is 11.8 Å². The van der Waals surface area contributed by atoms with Crippen molar-refractivity contribution in [1.82, 2.24) is 15.0 Å². The molecule has 0 bridgehead atoms. The minimum Gasteiger partial charge on any atom is -0.301 e. The van der Waals surface area contributed by atoms with Crippen LogP contribution in [0.4, 0.5) is 0 Å². The molecule has 0 saturated carbocycles. The predicted octanol–water partition coefficient (Wildman–Crippen LogP) is 4.65. The van der Waals surface area contributed by atoms with Crippen molar-refractivity contribution < 1.29 is 0 Å². The summed E-state index contributed by atoms with van der Waals surface area (Å²) in [7, 11) is 0. The minimum absolute atomic E-state index is 0.0563. The molecule has 0 amide bonds. The molecule has 0 aliphatic heterocycles.